The van der Waals surface area contributed by atoms with Crippen molar-refractivity contribution in [3.05, 3.63) is 71.9 Å². The van der Waals surface area contributed by atoms with Crippen LogP contribution in [0.2, 0.25) is 0 Å². The highest BCUT2D eigenvalue weighted by atomic mass is 16.5. The molecule has 5 nitrogen and oxygen atoms in total. The first-order chi connectivity index (χ1) is 14.2. The second-order valence-corrected chi connectivity index (χ2v) is 7.69. The number of piperidine rings is 1. The van der Waals surface area contributed by atoms with Crippen LogP contribution in [0.1, 0.15) is 24.0 Å². The summed E-state index contributed by atoms with van der Waals surface area (Å²) in [6, 6.07) is 18.8. The zero-order valence-electron chi connectivity index (χ0n) is 17.1. The molecule has 0 saturated carbocycles. The fourth-order valence-electron chi connectivity index (χ4n) is 3.94. The van der Waals surface area contributed by atoms with Gasteiger partial charge in [0.25, 0.3) is 0 Å². The van der Waals surface area contributed by atoms with Crippen molar-refractivity contribution in [2.45, 2.75) is 26.2 Å². The van der Waals surface area contributed by atoms with Crippen molar-refractivity contribution in [2.24, 2.45) is 5.92 Å². The average Bonchev–Trinajstić information content (AvgIpc) is 2.75. The molecule has 1 saturated heterocycles. The number of hydrogen-bond donors (Lipinski definition) is 1. The van der Waals surface area contributed by atoms with Gasteiger partial charge in [0.2, 0.25) is 5.95 Å². The highest BCUT2D eigenvalue weighted by Gasteiger charge is 2.21. The zero-order chi connectivity index (χ0) is 20.1. The third kappa shape index (κ3) is 4.86. The van der Waals surface area contributed by atoms with Gasteiger partial charge in [-0.1, -0.05) is 36.4 Å². The monoisotopic (exact) mass is 388 g/mol. The Hall–Kier alpha value is -3.08. The van der Waals surface area contributed by atoms with Crippen LogP contribution in [0.3, 0.4) is 0 Å². The van der Waals surface area contributed by atoms with Crippen molar-refractivity contribution in [1.82, 2.24) is 9.97 Å². The van der Waals surface area contributed by atoms with Crippen molar-refractivity contribution in [3.63, 3.8) is 0 Å². The standard InChI is InChI=1S/C24H28N4O/c1-18-8-9-22(29-2)21(16-18)26-24-25-13-10-23(27-24)28-14-11-20(12-15-28)17-19-6-4-3-5-7-19/h3-10,13,16,20H,11-12,14-15,17H2,1-2H3,(H,25,26,27). The van der Waals surface area contributed by atoms with Gasteiger partial charge in [-0.15, -0.1) is 0 Å². The van der Waals surface area contributed by atoms with Gasteiger partial charge in [0.05, 0.1) is 12.8 Å². The molecule has 3 aromatic rings. The van der Waals surface area contributed by atoms with Crippen molar-refractivity contribution >= 4 is 17.5 Å². The van der Waals surface area contributed by atoms with Crippen molar-refractivity contribution in [3.8, 4) is 5.75 Å². The van der Waals surface area contributed by atoms with E-state index in [2.05, 4.69) is 52.5 Å². The lowest BCUT2D eigenvalue weighted by Gasteiger charge is -2.33. The summed E-state index contributed by atoms with van der Waals surface area (Å²) >= 11 is 0. The van der Waals surface area contributed by atoms with E-state index >= 15 is 0 Å². The number of aryl methyl sites for hydroxylation is 1. The van der Waals surface area contributed by atoms with Crippen LogP contribution in [0.5, 0.6) is 5.75 Å². The summed E-state index contributed by atoms with van der Waals surface area (Å²) in [6.07, 6.45) is 5.36. The minimum atomic E-state index is 0.595. The fraction of sp³-hybridized carbons (Fsp3) is 0.333. The Balaban J connectivity index is 1.40. The topological polar surface area (TPSA) is 50.3 Å². The van der Waals surface area contributed by atoms with E-state index in [0.29, 0.717) is 5.95 Å². The Bertz CT molecular complexity index is 937. The molecule has 1 aromatic heterocycles. The van der Waals surface area contributed by atoms with Crippen molar-refractivity contribution in [1.29, 1.82) is 0 Å². The summed E-state index contributed by atoms with van der Waals surface area (Å²) in [5, 5.41) is 3.31. The minimum Gasteiger partial charge on any atom is -0.495 e. The molecule has 29 heavy (non-hydrogen) atoms. The van der Waals surface area contributed by atoms with Crippen LogP contribution < -0.4 is 15.0 Å². The second-order valence-electron chi connectivity index (χ2n) is 7.69. The van der Waals surface area contributed by atoms with Crippen LogP contribution in [0.4, 0.5) is 17.5 Å². The maximum atomic E-state index is 5.45. The first kappa shape index (κ1) is 19.2. The number of methoxy groups -OCH3 is 1. The Kier molecular flexibility index (Phi) is 5.94. The predicted octanol–water partition coefficient (Wildman–Crippen LogP) is 5.00. The van der Waals surface area contributed by atoms with Crippen LogP contribution >= 0.6 is 0 Å². The molecule has 1 aliphatic heterocycles. The number of anilines is 3. The van der Waals surface area contributed by atoms with Crippen molar-refractivity contribution in [2.75, 3.05) is 30.4 Å². The van der Waals surface area contributed by atoms with Gasteiger partial charge >= 0.3 is 0 Å². The number of nitrogens with one attached hydrogen (secondary N) is 1. The van der Waals surface area contributed by atoms with Gasteiger partial charge in [-0.3, -0.25) is 0 Å². The van der Waals surface area contributed by atoms with Gasteiger partial charge in [0, 0.05) is 19.3 Å². The number of benzene rings is 2. The van der Waals surface area contributed by atoms with Gasteiger partial charge in [0.15, 0.2) is 0 Å². The molecule has 0 bridgehead atoms. The van der Waals surface area contributed by atoms with E-state index in [1.165, 1.54) is 24.8 Å². The number of nitrogens with zero attached hydrogens (tertiary/aromatic N) is 3. The first-order valence-corrected chi connectivity index (χ1v) is 10.2. The van der Waals surface area contributed by atoms with Gasteiger partial charge in [-0.05, 0) is 61.4 Å². The minimum absolute atomic E-state index is 0.595. The maximum absolute atomic E-state index is 5.45. The van der Waals surface area contributed by atoms with E-state index < -0.39 is 0 Å². The largest absolute Gasteiger partial charge is 0.495 e. The quantitative estimate of drug-likeness (QED) is 0.644. The van der Waals surface area contributed by atoms with E-state index in [-0.39, 0.29) is 0 Å². The highest BCUT2D eigenvalue weighted by Crippen LogP contribution is 2.29. The second kappa shape index (κ2) is 8.95. The fourth-order valence-corrected chi connectivity index (χ4v) is 3.94. The lowest BCUT2D eigenvalue weighted by atomic mass is 9.90. The third-order valence-electron chi connectivity index (χ3n) is 5.55. The molecular formula is C24H28N4O. The molecule has 1 N–H and O–H groups in total. The van der Waals surface area contributed by atoms with Crippen LogP contribution in [-0.4, -0.2) is 30.2 Å². The lowest BCUT2D eigenvalue weighted by Crippen LogP contribution is -2.35. The number of rotatable bonds is 6. The molecule has 0 aliphatic carbocycles. The molecule has 0 radical (unpaired) electrons. The van der Waals surface area contributed by atoms with Crippen molar-refractivity contribution < 1.29 is 4.74 Å². The summed E-state index contributed by atoms with van der Waals surface area (Å²) in [5.74, 6) is 3.10. The summed E-state index contributed by atoms with van der Waals surface area (Å²) in [4.78, 5) is 11.5. The molecule has 1 fully saturated rings. The number of aromatic nitrogens is 2. The Morgan fingerprint density at radius 2 is 1.86 bits per heavy atom. The van der Waals surface area contributed by atoms with Gasteiger partial charge in [-0.25, -0.2) is 4.98 Å². The Labute approximate surface area is 172 Å². The maximum Gasteiger partial charge on any atom is 0.229 e. The van der Waals surface area contributed by atoms with E-state index in [1.54, 1.807) is 7.11 Å². The number of ether oxygens (including phenoxy) is 1. The van der Waals surface area contributed by atoms with Gasteiger partial charge < -0.3 is 15.0 Å². The Morgan fingerprint density at radius 3 is 2.62 bits per heavy atom. The first-order valence-electron chi connectivity index (χ1n) is 10.2. The molecule has 0 spiro atoms. The summed E-state index contributed by atoms with van der Waals surface area (Å²) < 4.78 is 5.45. The lowest BCUT2D eigenvalue weighted by molar-refractivity contribution is 0.402. The van der Waals surface area contributed by atoms with Crippen LogP contribution in [0.15, 0.2) is 60.8 Å². The van der Waals surface area contributed by atoms with E-state index in [1.807, 2.05) is 30.5 Å². The molecule has 0 amide bonds. The van der Waals surface area contributed by atoms with Gasteiger partial charge in [0.1, 0.15) is 11.6 Å². The SMILES string of the molecule is COc1ccc(C)cc1Nc1nccc(N2CCC(Cc3ccccc3)CC2)n1. The van der Waals surface area contributed by atoms with Gasteiger partial charge in [-0.2, -0.15) is 4.98 Å². The van der Waals surface area contributed by atoms with E-state index in [4.69, 9.17) is 9.72 Å². The molecule has 1 aliphatic rings. The van der Waals surface area contributed by atoms with Crippen LogP contribution in [0.25, 0.3) is 0 Å². The molecular weight excluding hydrogens is 360 g/mol. The summed E-state index contributed by atoms with van der Waals surface area (Å²) in [6.45, 7) is 4.12. The zero-order valence-corrected chi connectivity index (χ0v) is 17.1. The normalized spacial score (nSPS) is 14.6. The molecule has 0 atom stereocenters. The van der Waals surface area contributed by atoms with E-state index in [0.717, 1.165) is 41.8 Å². The predicted molar refractivity (Wildman–Crippen MR) is 118 cm³/mol. The molecule has 2 heterocycles. The number of hydrogen-bond acceptors (Lipinski definition) is 5. The summed E-state index contributed by atoms with van der Waals surface area (Å²) in [5.41, 5.74) is 3.47. The molecule has 5 heteroatoms. The molecule has 150 valence electrons. The third-order valence-corrected chi connectivity index (χ3v) is 5.55. The average molecular weight is 389 g/mol. The van der Waals surface area contributed by atoms with E-state index in [9.17, 15) is 0 Å². The Morgan fingerprint density at radius 1 is 1.07 bits per heavy atom. The van der Waals surface area contributed by atoms with Crippen LogP contribution in [-0.2, 0) is 6.42 Å². The van der Waals surface area contributed by atoms with Crippen LogP contribution in [0, 0.1) is 12.8 Å². The summed E-state index contributed by atoms with van der Waals surface area (Å²) in [7, 11) is 1.67. The smallest absolute Gasteiger partial charge is 0.229 e. The highest BCUT2D eigenvalue weighted by molar-refractivity contribution is 5.64. The molecule has 0 unspecified atom stereocenters. The molecule has 2 aromatic carbocycles. The molecule has 4 rings (SSSR count).